The molecule has 124 valence electrons. The van der Waals surface area contributed by atoms with E-state index >= 15 is 0 Å². The van der Waals surface area contributed by atoms with Crippen LogP contribution in [0.15, 0.2) is 24.3 Å². The molecule has 0 bridgehead atoms. The van der Waals surface area contributed by atoms with Crippen LogP contribution < -0.4 is 4.90 Å². The van der Waals surface area contributed by atoms with Gasteiger partial charge in [0, 0.05) is 18.0 Å². The molecule has 0 spiro atoms. The highest BCUT2D eigenvalue weighted by molar-refractivity contribution is 6.31. The van der Waals surface area contributed by atoms with Crippen molar-refractivity contribution < 1.29 is 14.5 Å². The van der Waals surface area contributed by atoms with Crippen molar-refractivity contribution in [2.45, 2.75) is 25.4 Å². The number of nitrogens with zero attached hydrogens (tertiary/aromatic N) is 2. The summed E-state index contributed by atoms with van der Waals surface area (Å²) < 4.78 is 0. The Morgan fingerprint density at radius 3 is 2.70 bits per heavy atom. The second-order valence-corrected chi connectivity index (χ2v) is 6.86. The van der Waals surface area contributed by atoms with Gasteiger partial charge in [-0.2, -0.15) is 0 Å². The van der Waals surface area contributed by atoms with Crippen LogP contribution in [-0.2, 0) is 16.1 Å². The molecule has 0 aliphatic carbocycles. The molecule has 1 unspecified atom stereocenters. The molecule has 0 aromatic heterocycles. The molecule has 2 aliphatic rings. The summed E-state index contributed by atoms with van der Waals surface area (Å²) in [6, 6.07) is 7.16. The van der Waals surface area contributed by atoms with Crippen molar-refractivity contribution in [1.82, 2.24) is 9.80 Å². The van der Waals surface area contributed by atoms with Gasteiger partial charge in [0.1, 0.15) is 6.04 Å². The van der Waals surface area contributed by atoms with E-state index in [1.807, 2.05) is 29.2 Å². The van der Waals surface area contributed by atoms with E-state index in [2.05, 4.69) is 7.05 Å². The van der Waals surface area contributed by atoms with Crippen LogP contribution in [0.5, 0.6) is 0 Å². The number of likely N-dealkylation sites (tertiary alicyclic amines) is 1. The van der Waals surface area contributed by atoms with Crippen molar-refractivity contribution in [1.29, 1.82) is 0 Å². The van der Waals surface area contributed by atoms with Crippen LogP contribution in [0.4, 0.5) is 0 Å². The van der Waals surface area contributed by atoms with E-state index in [1.165, 1.54) is 4.90 Å². The number of carbonyl (C=O) groups is 2. The summed E-state index contributed by atoms with van der Waals surface area (Å²) in [6.45, 7) is 3.90. The summed E-state index contributed by atoms with van der Waals surface area (Å²) in [6.07, 6.45) is 1.06. The monoisotopic (exact) mass is 336 g/mol. The third kappa shape index (κ3) is 3.51. The van der Waals surface area contributed by atoms with Crippen LogP contribution in [0.3, 0.4) is 0 Å². The Balaban J connectivity index is 1.72. The first-order chi connectivity index (χ1) is 11.1. The Hall–Kier alpha value is -1.59. The quantitative estimate of drug-likeness (QED) is 0.856. The first-order valence-corrected chi connectivity index (χ1v) is 8.57. The minimum atomic E-state index is -0.336. The molecule has 3 rings (SSSR count). The summed E-state index contributed by atoms with van der Waals surface area (Å²) in [4.78, 5) is 30.1. The first kappa shape index (κ1) is 16.3. The van der Waals surface area contributed by atoms with Crippen LogP contribution >= 0.6 is 11.6 Å². The summed E-state index contributed by atoms with van der Waals surface area (Å²) in [5.41, 5.74) is 0.894. The van der Waals surface area contributed by atoms with E-state index in [1.54, 1.807) is 4.90 Å². The smallest absolute Gasteiger partial charge is 0.245 e. The van der Waals surface area contributed by atoms with E-state index in [0.717, 1.165) is 31.7 Å². The summed E-state index contributed by atoms with van der Waals surface area (Å²) in [5.74, 6) is 0.137. The molecule has 1 atom stereocenters. The molecule has 0 saturated carbocycles. The number of benzene rings is 1. The molecule has 5 nitrogen and oxygen atoms in total. The number of likely N-dealkylation sites (N-methyl/N-ethyl adjacent to an activating group) is 1. The standard InChI is InChI=1S/C17H22ClN3O2/c1-19-8-10-20(11-9-19)17(23)15-6-7-16(22)21(15)12-13-4-2-3-5-14(13)18/h2-5,15H,6-12H2,1H3/p+1. The maximum Gasteiger partial charge on any atom is 0.245 e. The minimum absolute atomic E-state index is 0.0445. The van der Waals surface area contributed by atoms with Crippen molar-refractivity contribution in [3.8, 4) is 0 Å². The number of amides is 2. The van der Waals surface area contributed by atoms with Crippen molar-refractivity contribution >= 4 is 23.4 Å². The molecule has 6 heteroatoms. The molecule has 1 aromatic rings. The Morgan fingerprint density at radius 2 is 2.00 bits per heavy atom. The predicted molar refractivity (Wildman–Crippen MR) is 88.2 cm³/mol. The molecule has 2 heterocycles. The topological polar surface area (TPSA) is 45.1 Å². The van der Waals surface area contributed by atoms with Crippen LogP contribution in [0.1, 0.15) is 18.4 Å². The largest absolute Gasteiger partial charge is 0.334 e. The second-order valence-electron chi connectivity index (χ2n) is 6.45. The third-order valence-electron chi connectivity index (χ3n) is 4.84. The minimum Gasteiger partial charge on any atom is -0.334 e. The Labute approximate surface area is 141 Å². The average molecular weight is 337 g/mol. The highest BCUT2D eigenvalue weighted by atomic mass is 35.5. The van der Waals surface area contributed by atoms with Crippen molar-refractivity contribution in [2.75, 3.05) is 33.2 Å². The Kier molecular flexibility index (Phi) is 4.87. The van der Waals surface area contributed by atoms with E-state index < -0.39 is 0 Å². The van der Waals surface area contributed by atoms with E-state index in [0.29, 0.717) is 24.4 Å². The van der Waals surface area contributed by atoms with Gasteiger partial charge in [0.05, 0.1) is 33.2 Å². The van der Waals surface area contributed by atoms with Crippen LogP contribution in [0, 0.1) is 0 Å². The van der Waals surface area contributed by atoms with E-state index in [-0.39, 0.29) is 17.9 Å². The number of quaternary nitrogens is 1. The molecule has 23 heavy (non-hydrogen) atoms. The van der Waals surface area contributed by atoms with E-state index in [4.69, 9.17) is 11.6 Å². The Bertz CT molecular complexity index is 599. The average Bonchev–Trinajstić information content (AvgIpc) is 2.91. The van der Waals surface area contributed by atoms with E-state index in [9.17, 15) is 9.59 Å². The van der Waals surface area contributed by atoms with Gasteiger partial charge in [-0.25, -0.2) is 0 Å². The zero-order valence-electron chi connectivity index (χ0n) is 13.4. The fourth-order valence-corrected chi connectivity index (χ4v) is 3.51. The zero-order valence-corrected chi connectivity index (χ0v) is 14.2. The maximum atomic E-state index is 12.8. The highest BCUT2D eigenvalue weighted by Crippen LogP contribution is 2.25. The molecule has 1 aromatic carbocycles. The Morgan fingerprint density at radius 1 is 1.30 bits per heavy atom. The van der Waals surface area contributed by atoms with Gasteiger partial charge in [-0.3, -0.25) is 9.59 Å². The fourth-order valence-electron chi connectivity index (χ4n) is 3.32. The number of carbonyl (C=O) groups excluding carboxylic acids is 2. The zero-order chi connectivity index (χ0) is 16.4. The highest BCUT2D eigenvalue weighted by Gasteiger charge is 2.39. The lowest BCUT2D eigenvalue weighted by atomic mass is 10.1. The molecule has 1 N–H and O–H groups in total. The van der Waals surface area contributed by atoms with Crippen molar-refractivity contribution in [2.24, 2.45) is 0 Å². The number of halogens is 1. The number of hydrogen-bond acceptors (Lipinski definition) is 2. The molecule has 2 fully saturated rings. The summed E-state index contributed by atoms with van der Waals surface area (Å²) in [7, 11) is 2.14. The molecule has 2 saturated heterocycles. The number of nitrogens with one attached hydrogen (secondary N) is 1. The molecule has 0 radical (unpaired) electrons. The van der Waals surface area contributed by atoms with Gasteiger partial charge < -0.3 is 14.7 Å². The number of hydrogen-bond donors (Lipinski definition) is 1. The summed E-state index contributed by atoms with van der Waals surface area (Å²) >= 11 is 6.21. The molecule has 2 aliphatic heterocycles. The predicted octanol–water partition coefficient (Wildman–Crippen LogP) is 0.188. The van der Waals surface area contributed by atoms with Crippen LogP contribution in [0.25, 0.3) is 0 Å². The fraction of sp³-hybridized carbons (Fsp3) is 0.529. The number of piperazine rings is 1. The van der Waals surface area contributed by atoms with Gasteiger partial charge >= 0.3 is 0 Å². The number of rotatable bonds is 3. The van der Waals surface area contributed by atoms with Gasteiger partial charge in [-0.1, -0.05) is 29.8 Å². The van der Waals surface area contributed by atoms with Crippen molar-refractivity contribution in [3.05, 3.63) is 34.9 Å². The van der Waals surface area contributed by atoms with Gasteiger partial charge in [0.25, 0.3) is 0 Å². The van der Waals surface area contributed by atoms with Gasteiger partial charge in [-0.05, 0) is 18.1 Å². The third-order valence-corrected chi connectivity index (χ3v) is 5.21. The lowest BCUT2D eigenvalue weighted by Gasteiger charge is -2.34. The summed E-state index contributed by atoms with van der Waals surface area (Å²) in [5, 5.41) is 0.640. The molecular weight excluding hydrogens is 314 g/mol. The molecular formula is C17H23ClN3O2+. The lowest BCUT2D eigenvalue weighted by molar-refractivity contribution is -0.883. The van der Waals surface area contributed by atoms with Crippen LogP contribution in [-0.4, -0.2) is 60.9 Å². The van der Waals surface area contributed by atoms with Gasteiger partial charge in [-0.15, -0.1) is 0 Å². The van der Waals surface area contributed by atoms with Crippen molar-refractivity contribution in [3.63, 3.8) is 0 Å². The maximum absolute atomic E-state index is 12.8. The van der Waals surface area contributed by atoms with Crippen LogP contribution in [0.2, 0.25) is 5.02 Å². The van der Waals surface area contributed by atoms with Gasteiger partial charge in [0.15, 0.2) is 0 Å². The SMILES string of the molecule is C[NH+]1CCN(C(=O)C2CCC(=O)N2Cc2ccccc2Cl)CC1. The lowest BCUT2D eigenvalue weighted by Crippen LogP contribution is -3.12. The van der Waals surface area contributed by atoms with Gasteiger partial charge in [0.2, 0.25) is 11.8 Å². The molecule has 2 amide bonds. The first-order valence-electron chi connectivity index (χ1n) is 8.19. The second kappa shape index (κ2) is 6.89. The normalized spacial score (nSPS) is 22.7.